The molecule has 0 unspecified atom stereocenters. The third-order valence-corrected chi connectivity index (χ3v) is 3.09. The molecule has 78 valence electrons. The van der Waals surface area contributed by atoms with Crippen LogP contribution in [0.25, 0.3) is 0 Å². The average molecular weight is 286 g/mol. The maximum absolute atomic E-state index is 11.3. The van der Waals surface area contributed by atoms with Gasteiger partial charge in [-0.2, -0.15) is 0 Å². The van der Waals surface area contributed by atoms with Crippen molar-refractivity contribution in [3.05, 3.63) is 43.7 Å². The van der Waals surface area contributed by atoms with E-state index in [1.807, 2.05) is 9.95 Å². The largest absolute Gasteiger partial charge is 0.394 e. The van der Waals surface area contributed by atoms with Crippen molar-refractivity contribution in [1.82, 2.24) is 9.55 Å². The highest BCUT2D eigenvalue weighted by molar-refractivity contribution is 9.10. The van der Waals surface area contributed by atoms with E-state index in [9.17, 15) is 4.79 Å². The molecule has 2 aromatic heterocycles. The Balaban J connectivity index is 2.34. The maximum Gasteiger partial charge on any atom is 0.218 e. The van der Waals surface area contributed by atoms with Gasteiger partial charge >= 0.3 is 0 Å². The molecule has 0 fully saturated rings. The number of halogens is 1. The molecule has 0 atom stereocenters. The van der Waals surface area contributed by atoms with Gasteiger partial charge in [0.05, 0.1) is 27.9 Å². The van der Waals surface area contributed by atoms with Gasteiger partial charge in [-0.05, 0) is 15.9 Å². The van der Waals surface area contributed by atoms with Gasteiger partial charge in [0, 0.05) is 17.8 Å². The van der Waals surface area contributed by atoms with Crippen molar-refractivity contribution >= 4 is 33.0 Å². The number of anilines is 1. The second-order valence-corrected chi connectivity index (χ2v) is 4.62. The van der Waals surface area contributed by atoms with Crippen molar-refractivity contribution in [2.75, 3.05) is 5.73 Å². The van der Waals surface area contributed by atoms with E-state index in [0.29, 0.717) is 11.0 Å². The molecule has 15 heavy (non-hydrogen) atoms. The number of pyridine rings is 1. The molecule has 2 aromatic rings. The molecule has 4 nitrogen and oxygen atoms in total. The van der Waals surface area contributed by atoms with E-state index in [0.717, 1.165) is 5.69 Å². The zero-order valence-corrected chi connectivity index (χ0v) is 10.1. The molecule has 0 spiro atoms. The summed E-state index contributed by atoms with van der Waals surface area (Å²) in [5.74, 6) is 0. The van der Waals surface area contributed by atoms with Gasteiger partial charge in [-0.15, -0.1) is 11.3 Å². The molecule has 0 radical (unpaired) electrons. The number of aromatic nitrogens is 2. The summed E-state index contributed by atoms with van der Waals surface area (Å²) in [6.45, 7) is 0.618. The van der Waals surface area contributed by atoms with Gasteiger partial charge < -0.3 is 10.3 Å². The highest BCUT2D eigenvalue weighted by Gasteiger charge is 2.03. The molecule has 0 bridgehead atoms. The van der Waals surface area contributed by atoms with E-state index in [1.165, 1.54) is 0 Å². The number of nitrogens with zero attached hydrogens (tertiary/aromatic N) is 2. The predicted molar refractivity (Wildman–Crippen MR) is 64.0 cm³/mol. The van der Waals surface area contributed by atoms with Gasteiger partial charge in [-0.3, -0.25) is 4.79 Å². The van der Waals surface area contributed by atoms with Crippen molar-refractivity contribution in [3.63, 3.8) is 0 Å². The van der Waals surface area contributed by atoms with Crippen LogP contribution in [-0.4, -0.2) is 9.55 Å². The van der Waals surface area contributed by atoms with Crippen molar-refractivity contribution in [2.24, 2.45) is 0 Å². The van der Waals surface area contributed by atoms with Crippen LogP contribution in [0.15, 0.2) is 32.6 Å². The third-order valence-electron chi connectivity index (χ3n) is 1.89. The van der Waals surface area contributed by atoms with E-state index in [-0.39, 0.29) is 11.1 Å². The summed E-state index contributed by atoms with van der Waals surface area (Å²) in [6.07, 6.45) is 3.32. The highest BCUT2D eigenvalue weighted by Crippen LogP contribution is 2.09. The smallest absolute Gasteiger partial charge is 0.218 e. The van der Waals surface area contributed by atoms with Crippen molar-refractivity contribution in [2.45, 2.75) is 6.54 Å². The normalized spacial score (nSPS) is 10.5. The minimum Gasteiger partial charge on any atom is -0.394 e. The van der Waals surface area contributed by atoms with Crippen LogP contribution >= 0.6 is 27.3 Å². The molecule has 0 aliphatic heterocycles. The number of thiazole rings is 1. The first-order valence-corrected chi connectivity index (χ1v) is 5.92. The molecule has 0 aliphatic carbocycles. The van der Waals surface area contributed by atoms with Crippen LogP contribution in [0.1, 0.15) is 5.69 Å². The minimum atomic E-state index is -0.176. The lowest BCUT2D eigenvalue weighted by molar-refractivity contribution is 0.770. The molecule has 0 saturated heterocycles. The van der Waals surface area contributed by atoms with E-state index in [4.69, 9.17) is 5.73 Å². The standard InChI is InChI=1S/C9H8BrN3OS/c10-7-2-13(3-8(11)9(7)14)1-6-4-15-5-12-6/h2-5H,1,11H2. The summed E-state index contributed by atoms with van der Waals surface area (Å²) in [4.78, 5) is 15.5. The van der Waals surface area contributed by atoms with Gasteiger partial charge in [-0.25, -0.2) is 4.98 Å². The Morgan fingerprint density at radius 1 is 1.53 bits per heavy atom. The molecule has 0 aromatic carbocycles. The van der Waals surface area contributed by atoms with Crippen LogP contribution in [0.2, 0.25) is 0 Å². The topological polar surface area (TPSA) is 60.9 Å². The van der Waals surface area contributed by atoms with Gasteiger partial charge in [0.2, 0.25) is 5.43 Å². The van der Waals surface area contributed by atoms with Gasteiger partial charge in [-0.1, -0.05) is 0 Å². The molecular formula is C9H8BrN3OS. The number of rotatable bonds is 2. The zero-order valence-electron chi connectivity index (χ0n) is 7.68. The van der Waals surface area contributed by atoms with Crippen LogP contribution < -0.4 is 11.2 Å². The van der Waals surface area contributed by atoms with Gasteiger partial charge in [0.25, 0.3) is 0 Å². The van der Waals surface area contributed by atoms with Crippen molar-refractivity contribution in [1.29, 1.82) is 0 Å². The van der Waals surface area contributed by atoms with Crippen LogP contribution in [0.4, 0.5) is 5.69 Å². The fraction of sp³-hybridized carbons (Fsp3) is 0.111. The second kappa shape index (κ2) is 4.16. The summed E-state index contributed by atoms with van der Waals surface area (Å²) in [7, 11) is 0. The Morgan fingerprint density at radius 2 is 2.33 bits per heavy atom. The molecule has 2 heterocycles. The molecule has 0 saturated carbocycles. The van der Waals surface area contributed by atoms with E-state index < -0.39 is 0 Å². The Hall–Kier alpha value is -1.14. The predicted octanol–water partition coefficient (Wildman–Crippen LogP) is 1.70. The first-order chi connectivity index (χ1) is 7.16. The van der Waals surface area contributed by atoms with Crippen molar-refractivity contribution in [3.8, 4) is 0 Å². The number of hydrogen-bond acceptors (Lipinski definition) is 4. The maximum atomic E-state index is 11.3. The van der Waals surface area contributed by atoms with E-state index in [2.05, 4.69) is 20.9 Å². The van der Waals surface area contributed by atoms with Crippen LogP contribution in [-0.2, 0) is 6.54 Å². The first-order valence-electron chi connectivity index (χ1n) is 4.19. The second-order valence-electron chi connectivity index (χ2n) is 3.04. The summed E-state index contributed by atoms with van der Waals surface area (Å²) in [5, 5.41) is 1.96. The van der Waals surface area contributed by atoms with E-state index >= 15 is 0 Å². The molecule has 0 amide bonds. The lowest BCUT2D eigenvalue weighted by Gasteiger charge is -2.05. The summed E-state index contributed by atoms with van der Waals surface area (Å²) in [6, 6.07) is 0. The molecule has 2 N–H and O–H groups in total. The number of nitrogens with two attached hydrogens (primary N) is 1. The molecular weight excluding hydrogens is 278 g/mol. The molecule has 2 rings (SSSR count). The fourth-order valence-corrected chi connectivity index (χ4v) is 2.25. The lowest BCUT2D eigenvalue weighted by Crippen LogP contribution is -2.13. The van der Waals surface area contributed by atoms with Gasteiger partial charge in [0.1, 0.15) is 0 Å². The SMILES string of the molecule is Nc1cn(Cc2cscn2)cc(Br)c1=O. The average Bonchev–Trinajstić information content (AvgIpc) is 2.66. The number of nitrogen functional groups attached to an aromatic ring is 1. The zero-order chi connectivity index (χ0) is 10.8. The molecule has 0 aliphatic rings. The summed E-state index contributed by atoms with van der Waals surface area (Å²) < 4.78 is 2.30. The number of hydrogen-bond donors (Lipinski definition) is 1. The first kappa shape index (κ1) is 10.4. The monoisotopic (exact) mass is 285 g/mol. The fourth-order valence-electron chi connectivity index (χ4n) is 1.21. The van der Waals surface area contributed by atoms with Crippen molar-refractivity contribution < 1.29 is 0 Å². The minimum absolute atomic E-state index is 0.176. The Labute approximate surface area is 98.5 Å². The Kier molecular flexibility index (Phi) is 2.88. The van der Waals surface area contributed by atoms with Crippen LogP contribution in [0, 0.1) is 0 Å². The third kappa shape index (κ3) is 2.27. The Bertz CT molecular complexity index is 494. The van der Waals surface area contributed by atoms with Crippen LogP contribution in [0.5, 0.6) is 0 Å². The Morgan fingerprint density at radius 3 is 2.93 bits per heavy atom. The summed E-state index contributed by atoms with van der Waals surface area (Å²) in [5.41, 5.74) is 8.36. The summed E-state index contributed by atoms with van der Waals surface area (Å²) >= 11 is 4.71. The van der Waals surface area contributed by atoms with E-state index in [1.54, 1.807) is 29.2 Å². The highest BCUT2D eigenvalue weighted by atomic mass is 79.9. The quantitative estimate of drug-likeness (QED) is 0.914. The lowest BCUT2D eigenvalue weighted by atomic mass is 10.4. The van der Waals surface area contributed by atoms with Gasteiger partial charge in [0.15, 0.2) is 0 Å². The molecule has 6 heteroatoms. The van der Waals surface area contributed by atoms with Crippen LogP contribution in [0.3, 0.4) is 0 Å².